The van der Waals surface area contributed by atoms with E-state index in [0.717, 1.165) is 15.9 Å². The van der Waals surface area contributed by atoms with Crippen molar-refractivity contribution in [1.82, 2.24) is 15.0 Å². The molecular weight excluding hydrogens is 256 g/mol. The van der Waals surface area contributed by atoms with Gasteiger partial charge in [-0.15, -0.1) is 5.10 Å². The SMILES string of the molecule is CC(N)c1cn(-c2ccccc2Br)nn1. The fourth-order valence-electron chi connectivity index (χ4n) is 1.24. The van der Waals surface area contributed by atoms with Gasteiger partial charge in [0.25, 0.3) is 0 Å². The molecule has 0 saturated heterocycles. The lowest BCUT2D eigenvalue weighted by Gasteiger charge is -2.02. The van der Waals surface area contributed by atoms with E-state index in [1.165, 1.54) is 0 Å². The van der Waals surface area contributed by atoms with Gasteiger partial charge in [0.1, 0.15) is 0 Å². The average molecular weight is 267 g/mol. The first-order valence-electron chi connectivity index (χ1n) is 4.61. The van der Waals surface area contributed by atoms with Crippen LogP contribution >= 0.6 is 15.9 Å². The first-order valence-corrected chi connectivity index (χ1v) is 5.40. The molecule has 0 saturated carbocycles. The van der Waals surface area contributed by atoms with Crippen molar-refractivity contribution in [1.29, 1.82) is 0 Å². The van der Waals surface area contributed by atoms with Gasteiger partial charge < -0.3 is 5.73 Å². The Balaban J connectivity index is 2.42. The van der Waals surface area contributed by atoms with Gasteiger partial charge >= 0.3 is 0 Å². The van der Waals surface area contributed by atoms with Crippen LogP contribution in [0.15, 0.2) is 34.9 Å². The van der Waals surface area contributed by atoms with Gasteiger partial charge in [-0.05, 0) is 35.0 Å². The maximum Gasteiger partial charge on any atom is 0.0995 e. The summed E-state index contributed by atoms with van der Waals surface area (Å²) in [5.41, 5.74) is 7.45. The summed E-state index contributed by atoms with van der Waals surface area (Å²) in [5.74, 6) is 0. The molecule has 1 unspecified atom stereocenters. The first-order chi connectivity index (χ1) is 7.18. The second-order valence-electron chi connectivity index (χ2n) is 3.33. The van der Waals surface area contributed by atoms with E-state index in [1.807, 2.05) is 37.4 Å². The molecule has 0 spiro atoms. The van der Waals surface area contributed by atoms with Crippen molar-refractivity contribution in [3.63, 3.8) is 0 Å². The Hall–Kier alpha value is -1.20. The summed E-state index contributed by atoms with van der Waals surface area (Å²) < 4.78 is 2.69. The van der Waals surface area contributed by atoms with E-state index in [4.69, 9.17) is 5.73 Å². The zero-order chi connectivity index (χ0) is 10.8. The molecule has 15 heavy (non-hydrogen) atoms. The Morgan fingerprint density at radius 2 is 2.13 bits per heavy atom. The van der Waals surface area contributed by atoms with E-state index < -0.39 is 0 Å². The molecule has 0 bridgehead atoms. The molecule has 2 aromatic rings. The molecule has 2 rings (SSSR count). The average Bonchev–Trinajstić information content (AvgIpc) is 2.67. The first kappa shape index (κ1) is 10.3. The maximum absolute atomic E-state index is 5.72. The number of benzene rings is 1. The summed E-state index contributed by atoms with van der Waals surface area (Å²) in [6, 6.07) is 7.73. The predicted molar refractivity (Wildman–Crippen MR) is 61.7 cm³/mol. The summed E-state index contributed by atoms with van der Waals surface area (Å²) in [7, 11) is 0. The van der Waals surface area contributed by atoms with Crippen molar-refractivity contribution >= 4 is 15.9 Å². The Bertz CT molecular complexity index is 464. The molecule has 0 radical (unpaired) electrons. The van der Waals surface area contributed by atoms with Crippen molar-refractivity contribution in [3.05, 3.63) is 40.6 Å². The quantitative estimate of drug-likeness (QED) is 0.905. The second kappa shape index (κ2) is 4.12. The van der Waals surface area contributed by atoms with E-state index >= 15 is 0 Å². The highest BCUT2D eigenvalue weighted by Gasteiger charge is 2.07. The Kier molecular flexibility index (Phi) is 2.83. The third-order valence-corrected chi connectivity index (χ3v) is 2.75. The molecule has 0 amide bonds. The van der Waals surface area contributed by atoms with Crippen LogP contribution in [0.2, 0.25) is 0 Å². The van der Waals surface area contributed by atoms with Crippen LogP contribution in [0.5, 0.6) is 0 Å². The normalized spacial score (nSPS) is 12.7. The summed E-state index contributed by atoms with van der Waals surface area (Å²) in [5, 5.41) is 8.03. The van der Waals surface area contributed by atoms with Gasteiger partial charge in [-0.1, -0.05) is 17.3 Å². The van der Waals surface area contributed by atoms with Crippen LogP contribution < -0.4 is 5.73 Å². The summed E-state index contributed by atoms with van der Waals surface area (Å²) in [6.45, 7) is 1.88. The highest BCUT2D eigenvalue weighted by atomic mass is 79.9. The second-order valence-corrected chi connectivity index (χ2v) is 4.18. The summed E-state index contributed by atoms with van der Waals surface area (Å²) in [4.78, 5) is 0. The van der Waals surface area contributed by atoms with Gasteiger partial charge in [0.05, 0.1) is 17.6 Å². The smallest absolute Gasteiger partial charge is 0.0995 e. The molecule has 1 aromatic carbocycles. The number of aromatic nitrogens is 3. The molecule has 2 N–H and O–H groups in total. The highest BCUT2D eigenvalue weighted by molar-refractivity contribution is 9.10. The van der Waals surface area contributed by atoms with Crippen LogP contribution in [-0.2, 0) is 0 Å². The molecule has 78 valence electrons. The van der Waals surface area contributed by atoms with E-state index in [2.05, 4.69) is 26.2 Å². The zero-order valence-electron chi connectivity index (χ0n) is 8.26. The maximum atomic E-state index is 5.72. The lowest BCUT2D eigenvalue weighted by molar-refractivity contribution is 0.756. The molecule has 1 aromatic heterocycles. The lowest BCUT2D eigenvalue weighted by atomic mass is 10.3. The van der Waals surface area contributed by atoms with E-state index in [9.17, 15) is 0 Å². The third-order valence-electron chi connectivity index (χ3n) is 2.08. The van der Waals surface area contributed by atoms with Crippen molar-refractivity contribution in [2.24, 2.45) is 5.73 Å². The van der Waals surface area contributed by atoms with Crippen molar-refractivity contribution < 1.29 is 0 Å². The molecule has 0 fully saturated rings. The Morgan fingerprint density at radius 1 is 1.40 bits per heavy atom. The van der Waals surface area contributed by atoms with Gasteiger partial charge in [0.2, 0.25) is 0 Å². The molecule has 0 aliphatic carbocycles. The minimum Gasteiger partial charge on any atom is -0.323 e. The third kappa shape index (κ3) is 2.08. The fraction of sp³-hybridized carbons (Fsp3) is 0.200. The zero-order valence-corrected chi connectivity index (χ0v) is 9.85. The molecule has 0 aliphatic heterocycles. The number of hydrogen-bond acceptors (Lipinski definition) is 3. The van der Waals surface area contributed by atoms with Crippen LogP contribution in [0.4, 0.5) is 0 Å². The van der Waals surface area contributed by atoms with Gasteiger partial charge in [-0.25, -0.2) is 4.68 Å². The highest BCUT2D eigenvalue weighted by Crippen LogP contribution is 2.20. The Labute approximate surface area is 96.2 Å². The van der Waals surface area contributed by atoms with Crippen LogP contribution in [0, 0.1) is 0 Å². The standard InChI is InChI=1S/C10H11BrN4/c1-7(12)9-6-15(14-13-9)10-5-3-2-4-8(10)11/h2-7H,12H2,1H3. The number of nitrogens with zero attached hydrogens (tertiary/aromatic N) is 3. The summed E-state index contributed by atoms with van der Waals surface area (Å²) >= 11 is 3.46. The number of nitrogens with two attached hydrogens (primary N) is 1. The van der Waals surface area contributed by atoms with Crippen LogP contribution in [0.1, 0.15) is 18.7 Å². The molecule has 1 heterocycles. The van der Waals surface area contributed by atoms with Crippen molar-refractivity contribution in [3.8, 4) is 5.69 Å². The molecule has 1 atom stereocenters. The van der Waals surface area contributed by atoms with Gasteiger partial charge in [-0.3, -0.25) is 0 Å². The van der Waals surface area contributed by atoms with Crippen LogP contribution in [0.3, 0.4) is 0 Å². The Morgan fingerprint density at radius 3 is 2.73 bits per heavy atom. The number of hydrogen-bond donors (Lipinski definition) is 1. The lowest BCUT2D eigenvalue weighted by Crippen LogP contribution is -2.04. The van der Waals surface area contributed by atoms with Crippen LogP contribution in [0.25, 0.3) is 5.69 Å². The minimum absolute atomic E-state index is 0.0961. The monoisotopic (exact) mass is 266 g/mol. The number of halogens is 1. The van der Waals surface area contributed by atoms with Crippen LogP contribution in [-0.4, -0.2) is 15.0 Å². The van der Waals surface area contributed by atoms with Crippen molar-refractivity contribution in [2.45, 2.75) is 13.0 Å². The van der Waals surface area contributed by atoms with Gasteiger partial charge in [-0.2, -0.15) is 0 Å². The van der Waals surface area contributed by atoms with E-state index in [-0.39, 0.29) is 6.04 Å². The van der Waals surface area contributed by atoms with Crippen molar-refractivity contribution in [2.75, 3.05) is 0 Å². The van der Waals surface area contributed by atoms with E-state index in [1.54, 1.807) is 4.68 Å². The molecule has 5 heteroatoms. The van der Waals surface area contributed by atoms with Gasteiger partial charge in [0.15, 0.2) is 0 Å². The molecule has 0 aliphatic rings. The largest absolute Gasteiger partial charge is 0.323 e. The van der Waals surface area contributed by atoms with Gasteiger partial charge in [0, 0.05) is 10.5 Å². The molecule has 4 nitrogen and oxygen atoms in total. The number of rotatable bonds is 2. The van der Waals surface area contributed by atoms with E-state index in [0.29, 0.717) is 0 Å². The predicted octanol–water partition coefficient (Wildman–Crippen LogP) is 2.05. The summed E-state index contributed by atoms with van der Waals surface area (Å²) in [6.07, 6.45) is 1.84. The minimum atomic E-state index is -0.0961. The molecular formula is C10H11BrN4. The topological polar surface area (TPSA) is 56.7 Å². The fourth-order valence-corrected chi connectivity index (χ4v) is 1.71. The number of para-hydroxylation sites is 1.